The third kappa shape index (κ3) is 4.92. The normalized spacial score (nSPS) is 14.7. The summed E-state index contributed by atoms with van der Waals surface area (Å²) < 4.78 is 5.19. The molecule has 3 rings (SSSR count). The Hall–Kier alpha value is -1.64. The molecule has 2 aromatic rings. The number of aromatic nitrogens is 2. The largest absolute Gasteiger partial charge is 0.370 e. The molecule has 0 spiro atoms. The molecule has 0 radical (unpaired) electrons. The molecule has 1 heterocycles. The summed E-state index contributed by atoms with van der Waals surface area (Å²) in [7, 11) is 0. The Morgan fingerprint density at radius 2 is 2.22 bits per heavy atom. The highest BCUT2D eigenvalue weighted by atomic mass is 127. The van der Waals surface area contributed by atoms with E-state index in [4.69, 9.17) is 10.3 Å². The van der Waals surface area contributed by atoms with E-state index >= 15 is 0 Å². The van der Waals surface area contributed by atoms with Gasteiger partial charge in [0.1, 0.15) is 6.54 Å². The quantitative estimate of drug-likeness (QED) is 0.432. The van der Waals surface area contributed by atoms with Crippen LogP contribution in [0.4, 0.5) is 5.69 Å². The number of hydrogen-bond donors (Lipinski definition) is 2. The van der Waals surface area contributed by atoms with Crippen LogP contribution in [0.1, 0.15) is 55.8 Å². The van der Waals surface area contributed by atoms with Crippen LogP contribution in [0, 0.1) is 0 Å². The van der Waals surface area contributed by atoms with Gasteiger partial charge in [0.05, 0.1) is 0 Å². The molecule has 7 heteroatoms. The second kappa shape index (κ2) is 7.76. The predicted molar refractivity (Wildman–Crippen MR) is 101 cm³/mol. The highest BCUT2D eigenvalue weighted by molar-refractivity contribution is 14.0. The number of nitrogens with one attached hydrogen (secondary N) is 1. The summed E-state index contributed by atoms with van der Waals surface area (Å²) in [6, 6.07) is 8.15. The lowest BCUT2D eigenvalue weighted by Gasteiger charge is -2.09. The maximum atomic E-state index is 5.91. The van der Waals surface area contributed by atoms with Crippen molar-refractivity contribution in [2.75, 3.05) is 5.32 Å². The number of rotatable bonds is 5. The predicted octanol–water partition coefficient (Wildman–Crippen LogP) is 3.62. The third-order valence-electron chi connectivity index (χ3n) is 3.63. The summed E-state index contributed by atoms with van der Waals surface area (Å²) in [4.78, 5) is 8.58. The molecular formula is C16H22IN5O. The molecular weight excluding hydrogens is 405 g/mol. The van der Waals surface area contributed by atoms with E-state index in [1.807, 2.05) is 12.1 Å². The minimum absolute atomic E-state index is 0. The molecule has 0 unspecified atom stereocenters. The zero-order chi connectivity index (χ0) is 15.5. The Morgan fingerprint density at radius 3 is 2.91 bits per heavy atom. The summed E-state index contributed by atoms with van der Waals surface area (Å²) in [5, 5.41) is 7.01. The van der Waals surface area contributed by atoms with Gasteiger partial charge in [-0.2, -0.15) is 4.98 Å². The summed E-state index contributed by atoms with van der Waals surface area (Å²) in [6.45, 7) is 4.63. The van der Waals surface area contributed by atoms with Crippen LogP contribution in [0.5, 0.6) is 0 Å². The number of halogens is 1. The van der Waals surface area contributed by atoms with Crippen molar-refractivity contribution >= 4 is 35.6 Å². The fourth-order valence-corrected chi connectivity index (χ4v) is 2.15. The lowest BCUT2D eigenvalue weighted by molar-refractivity contribution is 0.374. The van der Waals surface area contributed by atoms with Gasteiger partial charge in [-0.05, 0) is 36.5 Å². The Kier molecular flexibility index (Phi) is 5.97. The molecule has 6 nitrogen and oxygen atoms in total. The zero-order valence-electron chi connectivity index (χ0n) is 13.3. The van der Waals surface area contributed by atoms with Crippen LogP contribution in [-0.4, -0.2) is 16.1 Å². The summed E-state index contributed by atoms with van der Waals surface area (Å²) in [5.41, 5.74) is 8.10. The minimum atomic E-state index is 0. The Labute approximate surface area is 153 Å². The highest BCUT2D eigenvalue weighted by Crippen LogP contribution is 2.38. The van der Waals surface area contributed by atoms with Crippen LogP contribution < -0.4 is 11.1 Å². The average molecular weight is 427 g/mol. The average Bonchev–Trinajstić information content (AvgIpc) is 3.24. The number of nitrogens with two attached hydrogens (primary N) is 1. The van der Waals surface area contributed by atoms with E-state index in [0.717, 1.165) is 24.4 Å². The van der Waals surface area contributed by atoms with Crippen molar-refractivity contribution in [2.24, 2.45) is 10.7 Å². The molecule has 124 valence electrons. The van der Waals surface area contributed by atoms with Gasteiger partial charge in [-0.25, -0.2) is 4.99 Å². The van der Waals surface area contributed by atoms with Gasteiger partial charge in [0, 0.05) is 11.6 Å². The maximum Gasteiger partial charge on any atom is 0.229 e. The molecule has 23 heavy (non-hydrogen) atoms. The van der Waals surface area contributed by atoms with Crippen molar-refractivity contribution in [3.8, 4) is 0 Å². The van der Waals surface area contributed by atoms with Gasteiger partial charge in [-0.3, -0.25) is 0 Å². The van der Waals surface area contributed by atoms with Crippen molar-refractivity contribution in [1.82, 2.24) is 10.1 Å². The third-order valence-corrected chi connectivity index (χ3v) is 3.63. The van der Waals surface area contributed by atoms with Crippen molar-refractivity contribution in [3.05, 3.63) is 41.5 Å². The molecule has 0 amide bonds. The SMILES string of the molecule is CC(C)c1cccc(NC(N)=NCc2noc(C3CC3)n2)c1.I. The molecule has 1 aliphatic carbocycles. The molecule has 1 aromatic carbocycles. The number of nitrogens with zero attached hydrogens (tertiary/aromatic N) is 3. The second-order valence-corrected chi connectivity index (χ2v) is 5.93. The van der Waals surface area contributed by atoms with Crippen molar-refractivity contribution in [3.63, 3.8) is 0 Å². The first-order valence-electron chi connectivity index (χ1n) is 7.61. The summed E-state index contributed by atoms with van der Waals surface area (Å²) >= 11 is 0. The number of guanidine groups is 1. The topological polar surface area (TPSA) is 89.3 Å². The second-order valence-electron chi connectivity index (χ2n) is 5.93. The molecule has 1 aliphatic rings. The number of benzene rings is 1. The molecule has 0 bridgehead atoms. The van der Waals surface area contributed by atoms with Crippen molar-refractivity contribution in [2.45, 2.75) is 45.1 Å². The number of anilines is 1. The van der Waals surface area contributed by atoms with Crippen molar-refractivity contribution in [1.29, 1.82) is 0 Å². The van der Waals surface area contributed by atoms with Crippen LogP contribution in [0.3, 0.4) is 0 Å². The highest BCUT2D eigenvalue weighted by Gasteiger charge is 2.29. The molecule has 1 fully saturated rings. The molecule has 0 saturated heterocycles. The first-order valence-corrected chi connectivity index (χ1v) is 7.61. The lowest BCUT2D eigenvalue weighted by Crippen LogP contribution is -2.22. The van der Waals surface area contributed by atoms with E-state index in [1.165, 1.54) is 5.56 Å². The number of aliphatic imine (C=N–C) groups is 1. The molecule has 3 N–H and O–H groups in total. The van der Waals surface area contributed by atoms with E-state index in [-0.39, 0.29) is 24.0 Å². The van der Waals surface area contributed by atoms with Gasteiger partial charge in [-0.1, -0.05) is 31.1 Å². The van der Waals surface area contributed by atoms with E-state index in [0.29, 0.717) is 30.2 Å². The maximum absolute atomic E-state index is 5.91. The van der Waals surface area contributed by atoms with Gasteiger partial charge >= 0.3 is 0 Å². The molecule has 0 atom stereocenters. The first kappa shape index (κ1) is 17.7. The van der Waals surface area contributed by atoms with Gasteiger partial charge < -0.3 is 15.6 Å². The van der Waals surface area contributed by atoms with E-state index in [2.05, 4.69) is 46.4 Å². The van der Waals surface area contributed by atoms with Gasteiger partial charge in [0.2, 0.25) is 5.89 Å². The zero-order valence-corrected chi connectivity index (χ0v) is 15.7. The Balaban J connectivity index is 0.00000192. The van der Waals surface area contributed by atoms with E-state index in [1.54, 1.807) is 0 Å². The fraction of sp³-hybridized carbons (Fsp3) is 0.438. The fourth-order valence-electron chi connectivity index (χ4n) is 2.15. The van der Waals surface area contributed by atoms with Crippen LogP contribution >= 0.6 is 24.0 Å². The Bertz CT molecular complexity index is 679. The van der Waals surface area contributed by atoms with Crippen LogP contribution in [0.2, 0.25) is 0 Å². The Morgan fingerprint density at radius 1 is 1.43 bits per heavy atom. The summed E-state index contributed by atoms with van der Waals surface area (Å²) in [5.74, 6) is 2.57. The van der Waals surface area contributed by atoms with Crippen LogP contribution in [-0.2, 0) is 6.54 Å². The smallest absolute Gasteiger partial charge is 0.229 e. The van der Waals surface area contributed by atoms with Gasteiger partial charge in [-0.15, -0.1) is 24.0 Å². The molecule has 0 aliphatic heterocycles. The van der Waals surface area contributed by atoms with E-state index < -0.39 is 0 Å². The van der Waals surface area contributed by atoms with Crippen LogP contribution in [0.25, 0.3) is 0 Å². The van der Waals surface area contributed by atoms with Crippen molar-refractivity contribution < 1.29 is 4.52 Å². The lowest BCUT2D eigenvalue weighted by atomic mass is 10.0. The summed E-state index contributed by atoms with van der Waals surface area (Å²) in [6.07, 6.45) is 2.28. The standard InChI is InChI=1S/C16H21N5O.HI/c1-10(2)12-4-3-5-13(8-12)19-16(17)18-9-14-20-15(22-21-14)11-6-7-11;/h3-5,8,10-11H,6-7,9H2,1-2H3,(H3,17,18,19);1H. The van der Waals surface area contributed by atoms with Crippen LogP contribution in [0.15, 0.2) is 33.8 Å². The molecule has 1 aromatic heterocycles. The first-order chi connectivity index (χ1) is 10.6. The molecule has 1 saturated carbocycles. The minimum Gasteiger partial charge on any atom is -0.370 e. The monoisotopic (exact) mass is 427 g/mol. The van der Waals surface area contributed by atoms with Gasteiger partial charge in [0.25, 0.3) is 0 Å². The van der Waals surface area contributed by atoms with E-state index in [9.17, 15) is 0 Å². The number of hydrogen-bond acceptors (Lipinski definition) is 4. The van der Waals surface area contributed by atoms with Gasteiger partial charge in [0.15, 0.2) is 11.8 Å².